The Balaban J connectivity index is 2.66. The Morgan fingerprint density at radius 2 is 2.27 bits per heavy atom. The zero-order valence-corrected chi connectivity index (χ0v) is 5.60. The summed E-state index contributed by atoms with van der Waals surface area (Å²) in [5.41, 5.74) is 0. The van der Waals surface area contributed by atoms with Crippen LogP contribution in [0.2, 0.25) is 0 Å². The van der Waals surface area contributed by atoms with Crippen molar-refractivity contribution in [2.45, 2.75) is 6.92 Å². The molecule has 0 fully saturated rings. The van der Waals surface area contributed by atoms with Gasteiger partial charge in [-0.05, 0) is 0 Å². The third-order valence-electron chi connectivity index (χ3n) is 0.879. The molecule has 0 spiro atoms. The summed E-state index contributed by atoms with van der Waals surface area (Å²) in [5, 5.41) is 0.294. The van der Waals surface area contributed by atoms with Crippen molar-refractivity contribution in [1.82, 2.24) is 5.06 Å². The fourth-order valence-electron chi connectivity index (χ4n) is 0.522. The number of amides is 3. The average molecular weight is 156 g/mol. The fraction of sp³-hybridized carbons (Fsp3) is 0.200. The van der Waals surface area contributed by atoms with Gasteiger partial charge in [-0.2, -0.15) is 4.99 Å². The number of hydroxylamine groups is 2. The van der Waals surface area contributed by atoms with Gasteiger partial charge in [0.25, 0.3) is 0 Å². The summed E-state index contributed by atoms with van der Waals surface area (Å²) >= 11 is 0. The molecule has 0 aromatic rings. The molecule has 0 atom stereocenters. The van der Waals surface area contributed by atoms with Crippen molar-refractivity contribution in [3.8, 4) is 0 Å². The molecule has 58 valence electrons. The molecule has 1 heterocycles. The van der Waals surface area contributed by atoms with Crippen molar-refractivity contribution >= 4 is 24.1 Å². The van der Waals surface area contributed by atoms with E-state index in [2.05, 4.69) is 9.83 Å². The van der Waals surface area contributed by atoms with E-state index < -0.39 is 17.9 Å². The molecule has 1 aliphatic heterocycles. The van der Waals surface area contributed by atoms with E-state index in [1.54, 1.807) is 0 Å². The summed E-state index contributed by atoms with van der Waals surface area (Å²) in [7, 11) is 0. The number of carbonyl (C=O) groups excluding carboxylic acids is 3. The molecular formula is C5H4N2O4. The van der Waals surface area contributed by atoms with Crippen LogP contribution in [0.3, 0.4) is 0 Å². The number of hydrogen-bond acceptors (Lipinski definition) is 4. The van der Waals surface area contributed by atoms with Gasteiger partial charge in [-0.15, -0.1) is 0 Å². The van der Waals surface area contributed by atoms with Crippen molar-refractivity contribution in [3.05, 3.63) is 0 Å². The maximum atomic E-state index is 10.6. The van der Waals surface area contributed by atoms with Gasteiger partial charge in [0.1, 0.15) is 6.21 Å². The molecular weight excluding hydrogens is 152 g/mol. The molecule has 0 unspecified atom stereocenters. The SMILES string of the molecule is CC(=O)ON1C(=O)C=NC1=O. The van der Waals surface area contributed by atoms with Crippen LogP contribution in [0.5, 0.6) is 0 Å². The minimum atomic E-state index is -0.884. The maximum absolute atomic E-state index is 10.6. The molecule has 0 bridgehead atoms. The Bertz CT molecular complexity index is 239. The van der Waals surface area contributed by atoms with Crippen LogP contribution in [0.15, 0.2) is 4.99 Å². The first-order valence-electron chi connectivity index (χ1n) is 2.72. The smallest absolute Gasteiger partial charge is 0.329 e. The lowest BCUT2D eigenvalue weighted by atomic mass is 10.7. The number of nitrogens with zero attached hydrogens (tertiary/aromatic N) is 2. The van der Waals surface area contributed by atoms with E-state index in [4.69, 9.17) is 0 Å². The molecule has 11 heavy (non-hydrogen) atoms. The van der Waals surface area contributed by atoms with E-state index in [0.717, 1.165) is 13.1 Å². The van der Waals surface area contributed by atoms with Crippen molar-refractivity contribution in [3.63, 3.8) is 0 Å². The highest BCUT2D eigenvalue weighted by molar-refractivity contribution is 6.35. The Morgan fingerprint density at radius 3 is 2.64 bits per heavy atom. The Labute approximate surface area is 61.4 Å². The summed E-state index contributed by atoms with van der Waals surface area (Å²) in [6.07, 6.45) is 0.783. The van der Waals surface area contributed by atoms with Crippen LogP contribution >= 0.6 is 0 Å². The molecule has 1 rings (SSSR count). The van der Waals surface area contributed by atoms with Crippen LogP contribution in [0.1, 0.15) is 6.92 Å². The summed E-state index contributed by atoms with van der Waals surface area (Å²) in [6.45, 7) is 1.08. The fourth-order valence-corrected chi connectivity index (χ4v) is 0.522. The first-order chi connectivity index (χ1) is 5.11. The standard InChI is InChI=1S/C5H4N2O4/c1-3(8)11-7-4(9)2-6-5(7)10/h2H,1H3. The quantitative estimate of drug-likeness (QED) is 0.512. The van der Waals surface area contributed by atoms with Crippen LogP contribution in [-0.4, -0.2) is 29.2 Å². The van der Waals surface area contributed by atoms with Crippen LogP contribution in [0.25, 0.3) is 0 Å². The predicted molar refractivity (Wildman–Crippen MR) is 32.5 cm³/mol. The number of imide groups is 1. The van der Waals surface area contributed by atoms with E-state index >= 15 is 0 Å². The molecule has 0 saturated heterocycles. The first-order valence-corrected chi connectivity index (χ1v) is 2.72. The number of aliphatic imine (C=N–C) groups is 1. The zero-order valence-electron chi connectivity index (χ0n) is 5.60. The third-order valence-corrected chi connectivity index (χ3v) is 0.879. The number of rotatable bonds is 1. The van der Waals surface area contributed by atoms with Gasteiger partial charge in [-0.25, -0.2) is 9.59 Å². The number of hydrogen-bond donors (Lipinski definition) is 0. The second-order valence-corrected chi connectivity index (χ2v) is 1.76. The lowest BCUT2D eigenvalue weighted by Crippen LogP contribution is -2.31. The second kappa shape index (κ2) is 2.49. The molecule has 0 aromatic carbocycles. The van der Waals surface area contributed by atoms with Crippen molar-refractivity contribution in [1.29, 1.82) is 0 Å². The Hall–Kier alpha value is -1.72. The molecule has 3 amide bonds. The number of carbonyl (C=O) groups is 3. The van der Waals surface area contributed by atoms with Gasteiger partial charge in [0.05, 0.1) is 0 Å². The topological polar surface area (TPSA) is 76.0 Å². The van der Waals surface area contributed by atoms with E-state index in [0.29, 0.717) is 5.06 Å². The molecule has 0 N–H and O–H groups in total. The highest BCUT2D eigenvalue weighted by atomic mass is 16.7. The molecule has 6 heteroatoms. The average Bonchev–Trinajstić information content (AvgIpc) is 2.18. The summed E-state index contributed by atoms with van der Waals surface area (Å²) in [4.78, 5) is 38.7. The van der Waals surface area contributed by atoms with Crippen LogP contribution < -0.4 is 0 Å². The van der Waals surface area contributed by atoms with E-state index in [1.165, 1.54) is 0 Å². The summed E-state index contributed by atoms with van der Waals surface area (Å²) in [5.74, 6) is -1.48. The zero-order chi connectivity index (χ0) is 8.43. The molecule has 1 aliphatic rings. The van der Waals surface area contributed by atoms with Gasteiger partial charge in [0.15, 0.2) is 0 Å². The maximum Gasteiger partial charge on any atom is 0.384 e. The Kier molecular flexibility index (Phi) is 1.67. The van der Waals surface area contributed by atoms with Crippen LogP contribution in [0, 0.1) is 0 Å². The molecule has 0 aromatic heterocycles. The van der Waals surface area contributed by atoms with Crippen molar-refractivity contribution < 1.29 is 19.2 Å². The normalized spacial score (nSPS) is 15.9. The molecule has 0 saturated carbocycles. The Morgan fingerprint density at radius 1 is 1.64 bits per heavy atom. The minimum Gasteiger partial charge on any atom is -0.329 e. The first kappa shape index (κ1) is 7.39. The van der Waals surface area contributed by atoms with Crippen LogP contribution in [-0.2, 0) is 14.4 Å². The lowest BCUT2D eigenvalue weighted by molar-refractivity contribution is -0.178. The highest BCUT2D eigenvalue weighted by Crippen LogP contribution is 2.01. The highest BCUT2D eigenvalue weighted by Gasteiger charge is 2.28. The summed E-state index contributed by atoms with van der Waals surface area (Å²) in [6, 6.07) is -0.884. The van der Waals surface area contributed by atoms with E-state index in [9.17, 15) is 14.4 Å². The number of urea groups is 1. The van der Waals surface area contributed by atoms with E-state index in [1.807, 2.05) is 0 Å². The van der Waals surface area contributed by atoms with Crippen molar-refractivity contribution in [2.24, 2.45) is 4.99 Å². The molecule has 0 radical (unpaired) electrons. The van der Waals surface area contributed by atoms with E-state index in [-0.39, 0.29) is 0 Å². The van der Waals surface area contributed by atoms with Gasteiger partial charge in [0.2, 0.25) is 0 Å². The van der Waals surface area contributed by atoms with Gasteiger partial charge in [0, 0.05) is 6.92 Å². The van der Waals surface area contributed by atoms with Crippen molar-refractivity contribution in [2.75, 3.05) is 0 Å². The monoisotopic (exact) mass is 156 g/mol. The van der Waals surface area contributed by atoms with Gasteiger partial charge in [-0.3, -0.25) is 4.79 Å². The largest absolute Gasteiger partial charge is 0.384 e. The van der Waals surface area contributed by atoms with Crippen LogP contribution in [0.4, 0.5) is 4.79 Å². The van der Waals surface area contributed by atoms with Gasteiger partial charge >= 0.3 is 17.9 Å². The predicted octanol–water partition coefficient (Wildman–Crippen LogP) is -0.502. The summed E-state index contributed by atoms with van der Waals surface area (Å²) < 4.78 is 0. The third kappa shape index (κ3) is 1.40. The molecule has 0 aliphatic carbocycles. The minimum absolute atomic E-state index is 0.294. The lowest BCUT2D eigenvalue weighted by Gasteiger charge is -2.07. The second-order valence-electron chi connectivity index (χ2n) is 1.76. The molecule has 6 nitrogen and oxygen atoms in total. The van der Waals surface area contributed by atoms with Gasteiger partial charge in [-0.1, -0.05) is 5.06 Å². The van der Waals surface area contributed by atoms with Gasteiger partial charge < -0.3 is 4.84 Å².